The summed E-state index contributed by atoms with van der Waals surface area (Å²) in [6, 6.07) is 29.0. The van der Waals surface area contributed by atoms with Crippen molar-refractivity contribution in [2.24, 2.45) is 0 Å². The van der Waals surface area contributed by atoms with Gasteiger partial charge in [0, 0.05) is 34.9 Å². The zero-order valence-electron chi connectivity index (χ0n) is 19.3. The third kappa shape index (κ3) is 6.24. The highest BCUT2D eigenvalue weighted by molar-refractivity contribution is 6.04. The third-order valence-electron chi connectivity index (χ3n) is 5.63. The first kappa shape index (κ1) is 23.5. The van der Waals surface area contributed by atoms with E-state index in [4.69, 9.17) is 0 Å². The summed E-state index contributed by atoms with van der Waals surface area (Å²) in [7, 11) is 0. The topological polar surface area (TPSA) is 86.9 Å². The highest BCUT2D eigenvalue weighted by atomic mass is 16.2. The molecule has 2 N–H and O–H groups in total. The predicted molar refractivity (Wildman–Crippen MR) is 138 cm³/mol. The minimum absolute atomic E-state index is 0.0290. The number of para-hydroxylation sites is 2. The van der Waals surface area contributed by atoms with E-state index in [1.165, 1.54) is 5.56 Å². The van der Waals surface area contributed by atoms with Crippen molar-refractivity contribution in [1.82, 2.24) is 9.88 Å². The molecule has 174 valence electrons. The van der Waals surface area contributed by atoms with Crippen LogP contribution in [0.25, 0.3) is 17.0 Å². The van der Waals surface area contributed by atoms with Crippen molar-refractivity contribution in [3.8, 4) is 6.07 Å². The first-order valence-electron chi connectivity index (χ1n) is 11.5. The van der Waals surface area contributed by atoms with Gasteiger partial charge in [0.05, 0.1) is 0 Å². The van der Waals surface area contributed by atoms with Gasteiger partial charge in [-0.1, -0.05) is 66.7 Å². The van der Waals surface area contributed by atoms with E-state index in [9.17, 15) is 14.9 Å². The van der Waals surface area contributed by atoms with Crippen LogP contribution in [0, 0.1) is 11.3 Å². The van der Waals surface area contributed by atoms with E-state index >= 15 is 0 Å². The quantitative estimate of drug-likeness (QED) is 0.210. The zero-order valence-corrected chi connectivity index (χ0v) is 19.3. The largest absolute Gasteiger partial charge is 0.351 e. The molecule has 0 aliphatic rings. The molecule has 0 radical (unpaired) electrons. The molecule has 3 aromatic carbocycles. The van der Waals surface area contributed by atoms with Crippen molar-refractivity contribution in [3.63, 3.8) is 0 Å². The fourth-order valence-electron chi connectivity index (χ4n) is 3.94. The van der Waals surface area contributed by atoms with Gasteiger partial charge in [-0.25, -0.2) is 0 Å². The molecule has 1 aromatic heterocycles. The molecule has 0 aliphatic heterocycles. The molecule has 35 heavy (non-hydrogen) atoms. The average molecular weight is 463 g/mol. The number of fused-ring (bicyclic) bond motifs is 1. The van der Waals surface area contributed by atoms with Crippen LogP contribution < -0.4 is 10.6 Å². The Bertz CT molecular complexity index is 1380. The Labute approximate surface area is 204 Å². The Morgan fingerprint density at radius 2 is 1.60 bits per heavy atom. The van der Waals surface area contributed by atoms with E-state index in [1.807, 2.05) is 83.4 Å². The lowest BCUT2D eigenvalue weighted by molar-refractivity contribution is -0.117. The number of hydrogen-bond acceptors (Lipinski definition) is 3. The summed E-state index contributed by atoms with van der Waals surface area (Å²) in [5.74, 6) is -0.566. The number of rotatable bonds is 9. The number of amides is 2. The molecule has 6 nitrogen and oxygen atoms in total. The Morgan fingerprint density at radius 3 is 2.34 bits per heavy atom. The van der Waals surface area contributed by atoms with Gasteiger partial charge in [0.2, 0.25) is 5.91 Å². The number of nitrogens with one attached hydrogen (secondary N) is 2. The SMILES string of the molecule is N#C/C(=C/c1cn(CC(=O)Nc2ccccc2)c2ccccc12)C(=O)NCCCc1ccccc1. The maximum Gasteiger partial charge on any atom is 0.261 e. The van der Waals surface area contributed by atoms with Crippen LogP contribution >= 0.6 is 0 Å². The highest BCUT2D eigenvalue weighted by Crippen LogP contribution is 2.24. The van der Waals surface area contributed by atoms with Crippen LogP contribution in [0.4, 0.5) is 5.69 Å². The number of aryl methyl sites for hydroxylation is 1. The van der Waals surface area contributed by atoms with Gasteiger partial charge in [-0.3, -0.25) is 9.59 Å². The number of carbonyl (C=O) groups excluding carboxylic acids is 2. The number of carbonyl (C=O) groups is 2. The second-order valence-corrected chi connectivity index (χ2v) is 8.16. The minimum atomic E-state index is -0.404. The summed E-state index contributed by atoms with van der Waals surface area (Å²) >= 11 is 0. The summed E-state index contributed by atoms with van der Waals surface area (Å²) in [4.78, 5) is 25.2. The molecule has 2 amide bonds. The van der Waals surface area contributed by atoms with Gasteiger partial charge in [0.25, 0.3) is 5.91 Å². The summed E-state index contributed by atoms with van der Waals surface area (Å²) in [5, 5.41) is 16.2. The Kier molecular flexibility index (Phi) is 7.72. The molecule has 0 unspecified atom stereocenters. The second kappa shape index (κ2) is 11.5. The summed E-state index contributed by atoms with van der Waals surface area (Å²) in [6.45, 7) is 0.588. The van der Waals surface area contributed by atoms with E-state index in [-0.39, 0.29) is 18.0 Å². The lowest BCUT2D eigenvalue weighted by atomic mass is 10.1. The predicted octanol–water partition coefficient (Wildman–Crippen LogP) is 4.94. The normalized spacial score (nSPS) is 11.1. The van der Waals surface area contributed by atoms with Crippen LogP contribution in [-0.4, -0.2) is 22.9 Å². The molecule has 0 fully saturated rings. The smallest absolute Gasteiger partial charge is 0.261 e. The highest BCUT2D eigenvalue weighted by Gasteiger charge is 2.14. The molecule has 0 bridgehead atoms. The molecule has 4 rings (SSSR count). The van der Waals surface area contributed by atoms with Crippen molar-refractivity contribution in [1.29, 1.82) is 5.26 Å². The van der Waals surface area contributed by atoms with E-state index in [0.29, 0.717) is 12.1 Å². The Morgan fingerprint density at radius 1 is 0.914 bits per heavy atom. The van der Waals surface area contributed by atoms with Gasteiger partial charge in [0.15, 0.2) is 0 Å². The van der Waals surface area contributed by atoms with Crippen LogP contribution in [0.15, 0.2) is 96.7 Å². The molecule has 0 atom stereocenters. The molecule has 0 saturated carbocycles. The van der Waals surface area contributed by atoms with Crippen LogP contribution in [0.3, 0.4) is 0 Å². The molecular formula is C29H26N4O2. The van der Waals surface area contributed by atoms with E-state index in [0.717, 1.165) is 29.4 Å². The van der Waals surface area contributed by atoms with Gasteiger partial charge in [-0.15, -0.1) is 0 Å². The molecule has 0 saturated heterocycles. The van der Waals surface area contributed by atoms with Crippen molar-refractivity contribution in [2.45, 2.75) is 19.4 Å². The minimum Gasteiger partial charge on any atom is -0.351 e. The number of anilines is 1. The van der Waals surface area contributed by atoms with Gasteiger partial charge in [-0.2, -0.15) is 5.26 Å². The van der Waals surface area contributed by atoms with Crippen molar-refractivity contribution in [3.05, 3.63) is 108 Å². The average Bonchev–Trinajstić information content (AvgIpc) is 3.23. The lowest BCUT2D eigenvalue weighted by Gasteiger charge is -2.07. The van der Waals surface area contributed by atoms with Crippen LogP contribution in [0.5, 0.6) is 0 Å². The van der Waals surface area contributed by atoms with Crippen LogP contribution in [0.2, 0.25) is 0 Å². The lowest BCUT2D eigenvalue weighted by Crippen LogP contribution is -2.25. The molecule has 0 spiro atoms. The van der Waals surface area contributed by atoms with Crippen molar-refractivity contribution >= 4 is 34.5 Å². The first-order chi connectivity index (χ1) is 17.1. The van der Waals surface area contributed by atoms with E-state index in [1.54, 1.807) is 12.3 Å². The molecule has 4 aromatic rings. The van der Waals surface area contributed by atoms with E-state index in [2.05, 4.69) is 22.8 Å². The molecule has 0 aliphatic carbocycles. The van der Waals surface area contributed by atoms with Gasteiger partial charge in [-0.05, 0) is 42.7 Å². The second-order valence-electron chi connectivity index (χ2n) is 8.16. The number of benzene rings is 3. The fraction of sp³-hybridized carbons (Fsp3) is 0.138. The van der Waals surface area contributed by atoms with Gasteiger partial charge < -0.3 is 15.2 Å². The standard InChI is InChI=1S/C29H26N4O2/c30-19-23(29(35)31-17-9-12-22-10-3-1-4-11-22)18-24-20-33(27-16-8-7-15-26(24)27)21-28(34)32-25-13-5-2-6-14-25/h1-8,10-11,13-16,18,20H,9,12,17,21H2,(H,31,35)(H,32,34)/b23-18-. The molecule has 6 heteroatoms. The monoisotopic (exact) mass is 462 g/mol. The number of nitriles is 1. The maximum absolute atomic E-state index is 12.6. The third-order valence-corrected chi connectivity index (χ3v) is 5.63. The molecule has 1 heterocycles. The van der Waals surface area contributed by atoms with Crippen LogP contribution in [-0.2, 0) is 22.6 Å². The van der Waals surface area contributed by atoms with E-state index < -0.39 is 5.91 Å². The maximum atomic E-state index is 12.6. The van der Waals surface area contributed by atoms with Gasteiger partial charge >= 0.3 is 0 Å². The first-order valence-corrected chi connectivity index (χ1v) is 11.5. The molecular weight excluding hydrogens is 436 g/mol. The summed E-state index contributed by atoms with van der Waals surface area (Å²) in [5.41, 5.74) is 3.53. The van der Waals surface area contributed by atoms with Crippen molar-refractivity contribution in [2.75, 3.05) is 11.9 Å². The Balaban J connectivity index is 1.45. The fourth-order valence-corrected chi connectivity index (χ4v) is 3.94. The number of nitrogens with zero attached hydrogens (tertiary/aromatic N) is 2. The number of aromatic nitrogens is 1. The zero-order chi connectivity index (χ0) is 24.5. The van der Waals surface area contributed by atoms with Gasteiger partial charge in [0.1, 0.15) is 18.2 Å². The Hall–Kier alpha value is -4.63. The summed E-state index contributed by atoms with van der Waals surface area (Å²) in [6.07, 6.45) is 5.02. The number of hydrogen-bond donors (Lipinski definition) is 2. The van der Waals surface area contributed by atoms with Crippen LogP contribution in [0.1, 0.15) is 17.5 Å². The van der Waals surface area contributed by atoms with Crippen molar-refractivity contribution < 1.29 is 9.59 Å². The summed E-state index contributed by atoms with van der Waals surface area (Å²) < 4.78 is 1.83.